The lowest BCUT2D eigenvalue weighted by molar-refractivity contribution is -0.149. The van der Waals surface area contributed by atoms with E-state index in [1.165, 1.54) is 7.05 Å². The second-order valence-corrected chi connectivity index (χ2v) is 3.31. The van der Waals surface area contributed by atoms with E-state index in [4.69, 9.17) is 0 Å². The third-order valence-corrected chi connectivity index (χ3v) is 2.61. The van der Waals surface area contributed by atoms with Gasteiger partial charge in [0.05, 0.1) is 5.92 Å². The highest BCUT2D eigenvalue weighted by molar-refractivity contribution is 9.09. The van der Waals surface area contributed by atoms with Crippen LogP contribution in [0.5, 0.6) is 0 Å². The maximum absolute atomic E-state index is 12.8. The third-order valence-electron chi connectivity index (χ3n) is 1.83. The Bertz CT molecular complexity index is 185. The van der Waals surface area contributed by atoms with Crippen LogP contribution >= 0.6 is 15.9 Å². The molecular weight excluding hydrogens is 220 g/mol. The topological polar surface area (TPSA) is 20.3 Å². The van der Waals surface area contributed by atoms with Gasteiger partial charge in [-0.05, 0) is 0 Å². The predicted octanol–water partition coefficient (Wildman–Crippen LogP) is 1.10. The van der Waals surface area contributed by atoms with Gasteiger partial charge in [0.15, 0.2) is 0 Å². The van der Waals surface area contributed by atoms with Crippen LogP contribution in [0.4, 0.5) is 8.78 Å². The van der Waals surface area contributed by atoms with E-state index in [-0.39, 0.29) is 11.9 Å². The molecule has 0 spiro atoms. The van der Waals surface area contributed by atoms with E-state index in [0.29, 0.717) is 0 Å². The first-order chi connectivity index (χ1) is 5.00. The van der Waals surface area contributed by atoms with Gasteiger partial charge in [0.2, 0.25) is 0 Å². The van der Waals surface area contributed by atoms with Crippen molar-refractivity contribution >= 4 is 21.8 Å². The summed E-state index contributed by atoms with van der Waals surface area (Å²) in [6, 6.07) is 0. The normalized spacial score (nSPS) is 29.6. The van der Waals surface area contributed by atoms with E-state index in [1.54, 1.807) is 0 Å². The standard InChI is InChI=1S/C6H8BrF2NO/c1-10-3-4(2-7)6(8,9)5(10)11/h4H,2-3H2,1H3/t4-/m1/s1. The highest BCUT2D eigenvalue weighted by Gasteiger charge is 2.54. The van der Waals surface area contributed by atoms with E-state index in [0.717, 1.165) is 4.90 Å². The van der Waals surface area contributed by atoms with Crippen molar-refractivity contribution in [1.29, 1.82) is 0 Å². The largest absolute Gasteiger partial charge is 0.340 e. The molecule has 0 saturated carbocycles. The van der Waals surface area contributed by atoms with E-state index in [2.05, 4.69) is 15.9 Å². The third kappa shape index (κ3) is 1.26. The van der Waals surface area contributed by atoms with Crippen molar-refractivity contribution in [2.75, 3.05) is 18.9 Å². The summed E-state index contributed by atoms with van der Waals surface area (Å²) in [4.78, 5) is 11.8. The van der Waals surface area contributed by atoms with Crippen LogP contribution in [0.15, 0.2) is 0 Å². The molecule has 64 valence electrons. The SMILES string of the molecule is CN1C[C@@H](CBr)C(F)(F)C1=O. The zero-order chi connectivity index (χ0) is 8.65. The molecule has 5 heteroatoms. The molecule has 0 bridgehead atoms. The van der Waals surface area contributed by atoms with Crippen LogP contribution in [0.3, 0.4) is 0 Å². The zero-order valence-electron chi connectivity index (χ0n) is 5.98. The minimum absolute atomic E-state index is 0.136. The molecular formula is C6H8BrF2NO. The molecule has 1 atom stereocenters. The quantitative estimate of drug-likeness (QED) is 0.615. The number of hydrogen-bond acceptors (Lipinski definition) is 1. The first-order valence-corrected chi connectivity index (χ1v) is 4.31. The Morgan fingerprint density at radius 1 is 1.82 bits per heavy atom. The van der Waals surface area contributed by atoms with Crippen LogP contribution < -0.4 is 0 Å². The molecule has 11 heavy (non-hydrogen) atoms. The molecule has 0 N–H and O–H groups in total. The predicted molar refractivity (Wildman–Crippen MR) is 39.9 cm³/mol. The second-order valence-electron chi connectivity index (χ2n) is 2.66. The maximum Gasteiger partial charge on any atom is 0.330 e. The Morgan fingerprint density at radius 2 is 2.36 bits per heavy atom. The molecule has 1 saturated heterocycles. The lowest BCUT2D eigenvalue weighted by Crippen LogP contribution is -2.33. The Kier molecular flexibility index (Phi) is 2.18. The fraction of sp³-hybridized carbons (Fsp3) is 0.833. The number of amides is 1. The molecule has 1 rings (SSSR count). The van der Waals surface area contributed by atoms with Crippen molar-refractivity contribution in [1.82, 2.24) is 4.90 Å². The van der Waals surface area contributed by atoms with Gasteiger partial charge in [-0.2, -0.15) is 8.78 Å². The summed E-state index contributed by atoms with van der Waals surface area (Å²) in [6.45, 7) is 0.136. The van der Waals surface area contributed by atoms with Gasteiger partial charge < -0.3 is 4.90 Å². The average molecular weight is 228 g/mol. The van der Waals surface area contributed by atoms with Gasteiger partial charge in [-0.1, -0.05) is 15.9 Å². The number of rotatable bonds is 1. The summed E-state index contributed by atoms with van der Waals surface area (Å²) in [7, 11) is 1.39. The summed E-state index contributed by atoms with van der Waals surface area (Å²) in [5.74, 6) is -5.11. The van der Waals surface area contributed by atoms with Gasteiger partial charge in [0.1, 0.15) is 0 Å². The summed E-state index contributed by atoms with van der Waals surface area (Å²) < 4.78 is 25.7. The maximum atomic E-state index is 12.8. The van der Waals surface area contributed by atoms with Crippen molar-refractivity contribution < 1.29 is 13.6 Å². The van der Waals surface area contributed by atoms with Gasteiger partial charge in [-0.25, -0.2) is 0 Å². The van der Waals surface area contributed by atoms with Gasteiger partial charge in [0, 0.05) is 18.9 Å². The Labute approximate surface area is 71.7 Å². The highest BCUT2D eigenvalue weighted by Crippen LogP contribution is 2.34. The van der Waals surface area contributed by atoms with Crippen LogP contribution in [0.2, 0.25) is 0 Å². The minimum Gasteiger partial charge on any atom is -0.340 e. The zero-order valence-corrected chi connectivity index (χ0v) is 7.57. The lowest BCUT2D eigenvalue weighted by atomic mass is 10.1. The van der Waals surface area contributed by atoms with Crippen LogP contribution in [-0.4, -0.2) is 35.7 Å². The van der Waals surface area contributed by atoms with Gasteiger partial charge in [-0.3, -0.25) is 4.79 Å². The first-order valence-electron chi connectivity index (χ1n) is 3.19. The minimum atomic E-state index is -3.17. The lowest BCUT2D eigenvalue weighted by Gasteiger charge is -2.11. The smallest absolute Gasteiger partial charge is 0.330 e. The van der Waals surface area contributed by atoms with Gasteiger partial charge in [0.25, 0.3) is 5.91 Å². The average Bonchev–Trinajstić information content (AvgIpc) is 2.13. The van der Waals surface area contributed by atoms with Crippen LogP contribution in [-0.2, 0) is 4.79 Å². The van der Waals surface area contributed by atoms with E-state index in [9.17, 15) is 13.6 Å². The number of hydrogen-bond donors (Lipinski definition) is 0. The van der Waals surface area contributed by atoms with Crippen molar-refractivity contribution in [3.05, 3.63) is 0 Å². The number of carbonyl (C=O) groups excluding carboxylic acids is 1. The van der Waals surface area contributed by atoms with Crippen molar-refractivity contribution in [2.45, 2.75) is 5.92 Å². The van der Waals surface area contributed by atoms with Crippen LogP contribution in [0.1, 0.15) is 0 Å². The van der Waals surface area contributed by atoms with E-state index >= 15 is 0 Å². The monoisotopic (exact) mass is 227 g/mol. The summed E-state index contributed by atoms with van der Waals surface area (Å²) in [6.07, 6.45) is 0. The molecule has 0 aromatic carbocycles. The summed E-state index contributed by atoms with van der Waals surface area (Å²) >= 11 is 2.95. The Balaban J connectivity index is 2.82. The molecule has 0 aromatic rings. The van der Waals surface area contributed by atoms with E-state index < -0.39 is 17.7 Å². The molecule has 0 aromatic heterocycles. The first kappa shape index (κ1) is 8.90. The van der Waals surface area contributed by atoms with Gasteiger partial charge in [-0.15, -0.1) is 0 Å². The van der Waals surface area contributed by atoms with Crippen molar-refractivity contribution in [3.8, 4) is 0 Å². The number of alkyl halides is 3. The number of likely N-dealkylation sites (tertiary alicyclic amines) is 1. The molecule has 1 amide bonds. The molecule has 0 unspecified atom stereocenters. The number of nitrogens with zero attached hydrogens (tertiary/aromatic N) is 1. The van der Waals surface area contributed by atoms with Crippen molar-refractivity contribution in [2.24, 2.45) is 5.92 Å². The fourth-order valence-corrected chi connectivity index (χ4v) is 1.71. The number of carbonyl (C=O) groups is 1. The fourth-order valence-electron chi connectivity index (χ4n) is 1.10. The van der Waals surface area contributed by atoms with Gasteiger partial charge >= 0.3 is 5.92 Å². The Hall–Kier alpha value is -0.190. The highest BCUT2D eigenvalue weighted by atomic mass is 79.9. The van der Waals surface area contributed by atoms with Crippen LogP contribution in [0.25, 0.3) is 0 Å². The van der Waals surface area contributed by atoms with Crippen LogP contribution in [0, 0.1) is 5.92 Å². The summed E-state index contributed by atoms with van der Waals surface area (Å²) in [5.41, 5.74) is 0. The molecule has 1 fully saturated rings. The van der Waals surface area contributed by atoms with Crippen molar-refractivity contribution in [3.63, 3.8) is 0 Å². The summed E-state index contributed by atoms with van der Waals surface area (Å²) in [5, 5.41) is 0.163. The number of halogens is 3. The molecule has 0 radical (unpaired) electrons. The molecule has 0 aliphatic carbocycles. The molecule has 2 nitrogen and oxygen atoms in total. The van der Waals surface area contributed by atoms with E-state index in [1.807, 2.05) is 0 Å². The Morgan fingerprint density at radius 3 is 2.55 bits per heavy atom. The second kappa shape index (κ2) is 2.69. The molecule has 1 aliphatic rings. The molecule has 1 aliphatic heterocycles. The molecule has 1 heterocycles.